The summed E-state index contributed by atoms with van der Waals surface area (Å²) in [5, 5.41) is 9.23. The molecule has 1 heterocycles. The van der Waals surface area contributed by atoms with Crippen LogP contribution in [0.4, 0.5) is 0 Å². The fraction of sp³-hybridized carbons (Fsp3) is 0.615. The van der Waals surface area contributed by atoms with E-state index < -0.39 is 0 Å². The van der Waals surface area contributed by atoms with Gasteiger partial charge in [-0.25, -0.2) is 4.98 Å². The number of halogens is 1. The zero-order valence-corrected chi connectivity index (χ0v) is 11.9. The molecule has 5 nitrogen and oxygen atoms in total. The van der Waals surface area contributed by atoms with Gasteiger partial charge in [-0.15, -0.1) is 0 Å². The van der Waals surface area contributed by atoms with Crippen LogP contribution in [0.15, 0.2) is 12.4 Å². The number of aromatic nitrogens is 2. The topological polar surface area (TPSA) is 66.3 Å². The van der Waals surface area contributed by atoms with E-state index in [2.05, 4.69) is 16.9 Å². The van der Waals surface area contributed by atoms with Gasteiger partial charge in [-0.05, 0) is 6.42 Å². The van der Waals surface area contributed by atoms with Crippen molar-refractivity contribution in [2.24, 2.45) is 0 Å². The quantitative estimate of drug-likeness (QED) is 0.743. The van der Waals surface area contributed by atoms with Crippen LogP contribution in [0, 0.1) is 0 Å². The molecule has 1 N–H and O–H groups in total. The molecule has 6 heteroatoms. The summed E-state index contributed by atoms with van der Waals surface area (Å²) < 4.78 is 0. The van der Waals surface area contributed by atoms with Gasteiger partial charge in [0, 0.05) is 13.1 Å². The monoisotopic (exact) mass is 285 g/mol. The zero-order chi connectivity index (χ0) is 14.1. The smallest absolute Gasteiger partial charge is 0.274 e. The van der Waals surface area contributed by atoms with E-state index in [4.69, 9.17) is 16.7 Å². The van der Waals surface area contributed by atoms with Gasteiger partial charge in [0.25, 0.3) is 5.91 Å². The predicted molar refractivity (Wildman–Crippen MR) is 74.2 cm³/mol. The van der Waals surface area contributed by atoms with E-state index in [1.165, 1.54) is 12.4 Å². The molecule has 0 radical (unpaired) electrons. The molecule has 0 saturated carbocycles. The Morgan fingerprint density at radius 2 is 2.11 bits per heavy atom. The molecule has 0 aliphatic rings. The van der Waals surface area contributed by atoms with E-state index in [0.29, 0.717) is 13.1 Å². The Kier molecular flexibility index (Phi) is 7.36. The number of rotatable bonds is 8. The van der Waals surface area contributed by atoms with E-state index >= 15 is 0 Å². The van der Waals surface area contributed by atoms with Crippen LogP contribution >= 0.6 is 11.6 Å². The molecule has 0 fully saturated rings. The van der Waals surface area contributed by atoms with E-state index in [0.717, 1.165) is 25.7 Å². The van der Waals surface area contributed by atoms with Crippen LogP contribution in [0.2, 0.25) is 5.15 Å². The molecule has 0 aliphatic heterocycles. The number of unbranched alkanes of at least 4 members (excludes halogenated alkanes) is 3. The van der Waals surface area contributed by atoms with E-state index in [1.807, 2.05) is 0 Å². The summed E-state index contributed by atoms with van der Waals surface area (Å²) in [7, 11) is 0. The average molecular weight is 286 g/mol. The van der Waals surface area contributed by atoms with Crippen molar-refractivity contribution in [3.63, 3.8) is 0 Å². The van der Waals surface area contributed by atoms with Gasteiger partial charge in [0.1, 0.15) is 10.8 Å². The second kappa shape index (κ2) is 8.82. The summed E-state index contributed by atoms with van der Waals surface area (Å²) in [5.74, 6) is -0.236. The SMILES string of the molecule is CCCCCCN(CCO)C(=O)c1cncc(Cl)n1. The lowest BCUT2D eigenvalue weighted by molar-refractivity contribution is 0.0712. The number of hydrogen-bond donors (Lipinski definition) is 1. The number of amides is 1. The molecule has 1 rings (SSSR count). The molecule has 1 aromatic heterocycles. The first-order valence-corrected chi connectivity index (χ1v) is 6.94. The Labute approximate surface area is 118 Å². The van der Waals surface area contributed by atoms with Gasteiger partial charge in [0.15, 0.2) is 0 Å². The lowest BCUT2D eigenvalue weighted by Crippen LogP contribution is -2.35. The van der Waals surface area contributed by atoms with Crippen LogP contribution in [0.3, 0.4) is 0 Å². The van der Waals surface area contributed by atoms with Crippen LogP contribution in [-0.2, 0) is 0 Å². The molecule has 0 atom stereocenters. The highest BCUT2D eigenvalue weighted by Gasteiger charge is 2.16. The van der Waals surface area contributed by atoms with E-state index in [1.54, 1.807) is 4.90 Å². The highest BCUT2D eigenvalue weighted by Crippen LogP contribution is 2.08. The minimum atomic E-state index is -0.236. The number of carbonyl (C=O) groups excluding carboxylic acids is 1. The molecule has 0 aromatic carbocycles. The average Bonchev–Trinajstić information content (AvgIpc) is 2.41. The molecule has 0 saturated heterocycles. The van der Waals surface area contributed by atoms with Gasteiger partial charge in [-0.1, -0.05) is 37.8 Å². The van der Waals surface area contributed by atoms with Crippen molar-refractivity contribution >= 4 is 17.5 Å². The van der Waals surface area contributed by atoms with Crippen molar-refractivity contribution < 1.29 is 9.90 Å². The molecule has 0 spiro atoms. The van der Waals surface area contributed by atoms with Crippen LogP contribution in [-0.4, -0.2) is 45.6 Å². The molecular weight excluding hydrogens is 266 g/mol. The summed E-state index contributed by atoms with van der Waals surface area (Å²) >= 11 is 5.72. The lowest BCUT2D eigenvalue weighted by atomic mass is 10.2. The number of aliphatic hydroxyl groups excluding tert-OH is 1. The normalized spacial score (nSPS) is 10.5. The van der Waals surface area contributed by atoms with Gasteiger partial charge < -0.3 is 10.0 Å². The molecule has 1 aromatic rings. The Morgan fingerprint density at radius 1 is 1.32 bits per heavy atom. The minimum absolute atomic E-state index is 0.0620. The number of hydrogen-bond acceptors (Lipinski definition) is 4. The zero-order valence-electron chi connectivity index (χ0n) is 11.2. The molecule has 19 heavy (non-hydrogen) atoms. The molecule has 1 amide bonds. The summed E-state index contributed by atoms with van der Waals surface area (Å²) in [5.41, 5.74) is 0.219. The van der Waals surface area contributed by atoms with Crippen LogP contribution in [0.5, 0.6) is 0 Å². The molecule has 0 aliphatic carbocycles. The van der Waals surface area contributed by atoms with Crippen molar-refractivity contribution in [2.45, 2.75) is 32.6 Å². The summed E-state index contributed by atoms with van der Waals surface area (Å²) in [6.07, 6.45) is 7.08. The Bertz CT molecular complexity index is 401. The summed E-state index contributed by atoms with van der Waals surface area (Å²) in [6.45, 7) is 3.00. The first kappa shape index (κ1) is 15.9. The number of aliphatic hydroxyl groups is 1. The Hall–Kier alpha value is -1.20. The summed E-state index contributed by atoms with van der Waals surface area (Å²) in [4.78, 5) is 21.6. The van der Waals surface area contributed by atoms with Crippen molar-refractivity contribution in [3.8, 4) is 0 Å². The van der Waals surface area contributed by atoms with Gasteiger partial charge >= 0.3 is 0 Å². The number of nitrogens with zero attached hydrogens (tertiary/aromatic N) is 3. The van der Waals surface area contributed by atoms with Crippen LogP contribution < -0.4 is 0 Å². The third-order valence-electron chi connectivity index (χ3n) is 2.76. The van der Waals surface area contributed by atoms with Gasteiger partial charge in [-0.3, -0.25) is 9.78 Å². The van der Waals surface area contributed by atoms with E-state index in [-0.39, 0.29) is 23.4 Å². The van der Waals surface area contributed by atoms with Gasteiger partial charge in [0.2, 0.25) is 0 Å². The molecule has 0 unspecified atom stereocenters. The van der Waals surface area contributed by atoms with Crippen molar-refractivity contribution in [3.05, 3.63) is 23.2 Å². The Morgan fingerprint density at radius 3 is 2.74 bits per heavy atom. The maximum Gasteiger partial charge on any atom is 0.274 e. The first-order valence-electron chi connectivity index (χ1n) is 6.56. The lowest BCUT2D eigenvalue weighted by Gasteiger charge is -2.21. The standard InChI is InChI=1S/C13H20ClN3O2/c1-2-3-4-5-6-17(7-8-18)13(19)11-9-15-10-12(14)16-11/h9-10,18H,2-8H2,1H3. The van der Waals surface area contributed by atoms with Gasteiger partial charge in [-0.2, -0.15) is 0 Å². The molecule has 106 valence electrons. The maximum absolute atomic E-state index is 12.2. The third kappa shape index (κ3) is 5.53. The van der Waals surface area contributed by atoms with Crippen LogP contribution in [0.25, 0.3) is 0 Å². The van der Waals surface area contributed by atoms with Gasteiger partial charge in [0.05, 0.1) is 19.0 Å². The fourth-order valence-corrected chi connectivity index (χ4v) is 1.92. The van der Waals surface area contributed by atoms with Crippen molar-refractivity contribution in [1.82, 2.24) is 14.9 Å². The second-order valence-electron chi connectivity index (χ2n) is 4.30. The highest BCUT2D eigenvalue weighted by molar-refractivity contribution is 6.29. The number of carbonyl (C=O) groups is 1. The Balaban J connectivity index is 2.61. The first-order chi connectivity index (χ1) is 9.19. The van der Waals surface area contributed by atoms with E-state index in [9.17, 15) is 4.79 Å². The largest absolute Gasteiger partial charge is 0.395 e. The van der Waals surface area contributed by atoms with Crippen molar-refractivity contribution in [2.75, 3.05) is 19.7 Å². The fourth-order valence-electron chi connectivity index (χ4n) is 1.77. The highest BCUT2D eigenvalue weighted by atomic mass is 35.5. The van der Waals surface area contributed by atoms with Crippen molar-refractivity contribution in [1.29, 1.82) is 0 Å². The minimum Gasteiger partial charge on any atom is -0.395 e. The predicted octanol–water partition coefficient (Wildman–Crippen LogP) is 2.14. The van der Waals surface area contributed by atoms with Crippen LogP contribution in [0.1, 0.15) is 43.1 Å². The third-order valence-corrected chi connectivity index (χ3v) is 2.95. The summed E-state index contributed by atoms with van der Waals surface area (Å²) in [6, 6.07) is 0. The second-order valence-corrected chi connectivity index (χ2v) is 4.69. The maximum atomic E-state index is 12.2. The molecular formula is C13H20ClN3O2. The molecule has 0 bridgehead atoms.